The average Bonchev–Trinajstić information content (AvgIpc) is 2.42. The minimum absolute atomic E-state index is 0.101. The highest BCUT2D eigenvalue weighted by molar-refractivity contribution is 5.94. The highest BCUT2D eigenvalue weighted by Crippen LogP contribution is 2.04. The quantitative estimate of drug-likeness (QED) is 0.767. The van der Waals surface area contributed by atoms with E-state index in [0.29, 0.717) is 24.3 Å². The van der Waals surface area contributed by atoms with Gasteiger partial charge in [-0.05, 0) is 6.07 Å². The first-order valence-electron chi connectivity index (χ1n) is 5.57. The number of ether oxygens (including phenoxy) is 1. The van der Waals surface area contributed by atoms with Crippen molar-refractivity contribution in [3.8, 4) is 11.8 Å². The van der Waals surface area contributed by atoms with Crippen molar-refractivity contribution in [2.75, 3.05) is 33.9 Å². The van der Waals surface area contributed by atoms with Crippen LogP contribution in [-0.2, 0) is 4.74 Å². The van der Waals surface area contributed by atoms with Crippen LogP contribution in [0.3, 0.4) is 0 Å². The predicted octanol–water partition coefficient (Wildman–Crippen LogP) is 0.110. The van der Waals surface area contributed by atoms with Gasteiger partial charge in [0.15, 0.2) is 0 Å². The number of carbonyl (C=O) groups is 1. The fourth-order valence-electron chi connectivity index (χ4n) is 1.33. The summed E-state index contributed by atoms with van der Waals surface area (Å²) in [5.74, 6) is 5.47. The zero-order chi connectivity index (χ0) is 13.4. The molecule has 1 rings (SSSR count). The van der Waals surface area contributed by atoms with Gasteiger partial charge in [-0.2, -0.15) is 0 Å². The molecule has 0 fully saturated rings. The second-order valence-corrected chi connectivity index (χ2v) is 3.69. The molecule has 96 valence electrons. The number of amides is 1. The standard InChI is InChI=1S/C13H17N3O2/c1-16(6-7-18-2)13(17)12-8-11(4-3-5-14)9-15-10-12/h8-10H,5-7,14H2,1-2H3. The van der Waals surface area contributed by atoms with Crippen LogP contribution < -0.4 is 5.73 Å². The fourth-order valence-corrected chi connectivity index (χ4v) is 1.33. The molecule has 18 heavy (non-hydrogen) atoms. The van der Waals surface area contributed by atoms with Crippen LogP contribution in [0.25, 0.3) is 0 Å². The molecule has 0 unspecified atom stereocenters. The van der Waals surface area contributed by atoms with Crippen molar-refractivity contribution >= 4 is 5.91 Å². The Morgan fingerprint density at radius 2 is 2.33 bits per heavy atom. The number of nitrogens with two attached hydrogens (primary N) is 1. The van der Waals surface area contributed by atoms with Gasteiger partial charge in [-0.3, -0.25) is 9.78 Å². The number of carbonyl (C=O) groups excluding carboxylic acids is 1. The number of hydrogen-bond acceptors (Lipinski definition) is 4. The first kappa shape index (κ1) is 14.2. The molecule has 0 aliphatic rings. The van der Waals surface area contributed by atoms with Crippen molar-refractivity contribution in [1.82, 2.24) is 9.88 Å². The lowest BCUT2D eigenvalue weighted by Gasteiger charge is -2.16. The molecular weight excluding hydrogens is 230 g/mol. The summed E-state index contributed by atoms with van der Waals surface area (Å²) in [5, 5.41) is 0. The van der Waals surface area contributed by atoms with E-state index in [-0.39, 0.29) is 12.5 Å². The second kappa shape index (κ2) is 7.43. The van der Waals surface area contributed by atoms with Gasteiger partial charge < -0.3 is 15.4 Å². The van der Waals surface area contributed by atoms with E-state index in [2.05, 4.69) is 16.8 Å². The minimum atomic E-state index is -0.101. The second-order valence-electron chi connectivity index (χ2n) is 3.69. The maximum Gasteiger partial charge on any atom is 0.255 e. The van der Waals surface area contributed by atoms with E-state index in [1.54, 1.807) is 31.3 Å². The van der Waals surface area contributed by atoms with E-state index >= 15 is 0 Å². The maximum absolute atomic E-state index is 12.0. The first-order valence-corrected chi connectivity index (χ1v) is 5.57. The normalized spacial score (nSPS) is 9.50. The first-order chi connectivity index (χ1) is 8.69. The van der Waals surface area contributed by atoms with Crippen molar-refractivity contribution in [2.45, 2.75) is 0 Å². The molecule has 1 amide bonds. The van der Waals surface area contributed by atoms with Crippen LogP contribution in [0, 0.1) is 11.8 Å². The summed E-state index contributed by atoms with van der Waals surface area (Å²) in [7, 11) is 3.32. The molecule has 0 aliphatic carbocycles. The lowest BCUT2D eigenvalue weighted by atomic mass is 10.2. The van der Waals surface area contributed by atoms with Gasteiger partial charge in [-0.25, -0.2) is 0 Å². The van der Waals surface area contributed by atoms with Gasteiger partial charge in [0.2, 0.25) is 0 Å². The summed E-state index contributed by atoms with van der Waals surface area (Å²) in [4.78, 5) is 17.6. The van der Waals surface area contributed by atoms with Gasteiger partial charge in [0.1, 0.15) is 0 Å². The Bertz CT molecular complexity index is 463. The molecule has 0 aromatic carbocycles. The number of hydrogen-bond donors (Lipinski definition) is 1. The summed E-state index contributed by atoms with van der Waals surface area (Å²) in [6, 6.07) is 1.71. The number of methoxy groups -OCH3 is 1. The molecule has 0 atom stereocenters. The molecule has 2 N–H and O–H groups in total. The van der Waals surface area contributed by atoms with Gasteiger partial charge >= 0.3 is 0 Å². The molecule has 5 nitrogen and oxygen atoms in total. The number of rotatable bonds is 4. The van der Waals surface area contributed by atoms with Gasteiger partial charge in [0.05, 0.1) is 18.7 Å². The van der Waals surface area contributed by atoms with Crippen molar-refractivity contribution < 1.29 is 9.53 Å². The molecule has 1 aromatic rings. The molecule has 0 aliphatic heterocycles. The van der Waals surface area contributed by atoms with Crippen LogP contribution in [0.1, 0.15) is 15.9 Å². The molecule has 0 spiro atoms. The van der Waals surface area contributed by atoms with Crippen LogP contribution in [0.4, 0.5) is 0 Å². The van der Waals surface area contributed by atoms with Gasteiger partial charge in [-0.1, -0.05) is 11.8 Å². The lowest BCUT2D eigenvalue weighted by Crippen LogP contribution is -2.30. The summed E-state index contributed by atoms with van der Waals surface area (Å²) < 4.78 is 4.93. The molecule has 0 saturated heterocycles. The zero-order valence-corrected chi connectivity index (χ0v) is 10.6. The van der Waals surface area contributed by atoms with Crippen molar-refractivity contribution in [3.63, 3.8) is 0 Å². The predicted molar refractivity (Wildman–Crippen MR) is 69.0 cm³/mol. The maximum atomic E-state index is 12.0. The van der Waals surface area contributed by atoms with E-state index in [1.807, 2.05) is 0 Å². The number of likely N-dealkylation sites (N-methyl/N-ethyl adjacent to an activating group) is 1. The summed E-state index contributed by atoms with van der Waals surface area (Å²) in [5.41, 5.74) is 6.49. The molecule has 0 saturated carbocycles. The smallest absolute Gasteiger partial charge is 0.255 e. The summed E-state index contributed by atoms with van der Waals surface area (Å²) in [6.07, 6.45) is 3.13. The van der Waals surface area contributed by atoms with Crippen LogP contribution >= 0.6 is 0 Å². The van der Waals surface area contributed by atoms with E-state index in [9.17, 15) is 4.79 Å². The molecule has 1 heterocycles. The third kappa shape index (κ3) is 4.17. The topological polar surface area (TPSA) is 68.5 Å². The Labute approximate surface area is 107 Å². The SMILES string of the molecule is COCCN(C)C(=O)c1cncc(C#CCN)c1. The summed E-state index contributed by atoms with van der Waals surface area (Å²) in [6.45, 7) is 1.32. The fraction of sp³-hybridized carbons (Fsp3) is 0.385. The molecular formula is C13H17N3O2. The van der Waals surface area contributed by atoms with Crippen molar-refractivity contribution in [3.05, 3.63) is 29.6 Å². The van der Waals surface area contributed by atoms with Crippen LogP contribution in [-0.4, -0.2) is 49.6 Å². The van der Waals surface area contributed by atoms with Gasteiger partial charge in [-0.15, -0.1) is 0 Å². The van der Waals surface area contributed by atoms with Crippen molar-refractivity contribution in [1.29, 1.82) is 0 Å². The van der Waals surface area contributed by atoms with Crippen molar-refractivity contribution in [2.24, 2.45) is 5.73 Å². The Morgan fingerprint density at radius 1 is 1.56 bits per heavy atom. The number of aromatic nitrogens is 1. The lowest BCUT2D eigenvalue weighted by molar-refractivity contribution is 0.0744. The Hall–Kier alpha value is -1.90. The molecule has 1 aromatic heterocycles. The Kier molecular flexibility index (Phi) is 5.85. The van der Waals surface area contributed by atoms with E-state index in [1.165, 1.54) is 6.20 Å². The van der Waals surface area contributed by atoms with E-state index in [4.69, 9.17) is 10.5 Å². The van der Waals surface area contributed by atoms with E-state index in [0.717, 1.165) is 0 Å². The van der Waals surface area contributed by atoms with Crippen LogP contribution in [0.2, 0.25) is 0 Å². The number of pyridine rings is 1. The molecule has 0 bridgehead atoms. The monoisotopic (exact) mass is 247 g/mol. The average molecular weight is 247 g/mol. The van der Waals surface area contributed by atoms with Gasteiger partial charge in [0.25, 0.3) is 5.91 Å². The van der Waals surface area contributed by atoms with E-state index < -0.39 is 0 Å². The Balaban J connectivity index is 2.79. The number of nitrogens with zero attached hydrogens (tertiary/aromatic N) is 2. The Morgan fingerprint density at radius 3 is 3.00 bits per heavy atom. The third-order valence-corrected chi connectivity index (χ3v) is 2.30. The molecule has 0 radical (unpaired) electrons. The molecule has 5 heteroatoms. The third-order valence-electron chi connectivity index (χ3n) is 2.30. The highest BCUT2D eigenvalue weighted by atomic mass is 16.5. The zero-order valence-electron chi connectivity index (χ0n) is 10.6. The summed E-state index contributed by atoms with van der Waals surface area (Å²) >= 11 is 0. The highest BCUT2D eigenvalue weighted by Gasteiger charge is 2.11. The van der Waals surface area contributed by atoms with Gasteiger partial charge in [0, 0.05) is 38.7 Å². The van der Waals surface area contributed by atoms with Crippen LogP contribution in [0.5, 0.6) is 0 Å². The van der Waals surface area contributed by atoms with Crippen LogP contribution in [0.15, 0.2) is 18.5 Å². The largest absolute Gasteiger partial charge is 0.383 e. The minimum Gasteiger partial charge on any atom is -0.383 e.